The number of oxime groups is 1. The molecular weight excluding hydrogens is 274 g/mol. The molecule has 0 radical (unpaired) electrons. The minimum atomic E-state index is -2.39. The van der Waals surface area contributed by atoms with E-state index in [1.165, 1.54) is 7.11 Å². The van der Waals surface area contributed by atoms with Crippen LogP contribution in [0.5, 0.6) is 0 Å². The third-order valence-electron chi connectivity index (χ3n) is 1.40. The van der Waals surface area contributed by atoms with Crippen molar-refractivity contribution in [2.45, 2.75) is 39.5 Å². The predicted molar refractivity (Wildman–Crippen MR) is 73.8 cm³/mol. The fourth-order valence-corrected chi connectivity index (χ4v) is 1.92. The van der Waals surface area contributed by atoms with Gasteiger partial charge in [0.15, 0.2) is 0 Å². The van der Waals surface area contributed by atoms with Crippen molar-refractivity contribution in [2.75, 3.05) is 7.11 Å². The van der Waals surface area contributed by atoms with Crippen molar-refractivity contribution in [3.63, 3.8) is 0 Å². The van der Waals surface area contributed by atoms with Gasteiger partial charge in [0.25, 0.3) is 0 Å². The van der Waals surface area contributed by atoms with Gasteiger partial charge in [-0.05, 0) is 33.9 Å². The van der Waals surface area contributed by atoms with E-state index in [0.29, 0.717) is 0 Å². The predicted octanol–water partition coefficient (Wildman–Crippen LogP) is 2.80. The SMILES string of the molecule is C=C(O[Si](C)(C)Cl)C(=NOC)C(=O)OC(C)(C)C. The van der Waals surface area contributed by atoms with Crippen molar-refractivity contribution < 1.29 is 18.8 Å². The molecule has 0 aromatic heterocycles. The van der Waals surface area contributed by atoms with Crippen LogP contribution >= 0.6 is 11.1 Å². The summed E-state index contributed by atoms with van der Waals surface area (Å²) in [5, 5.41) is 3.57. The van der Waals surface area contributed by atoms with Gasteiger partial charge < -0.3 is 14.0 Å². The number of carbonyl (C=O) groups is 1. The lowest BCUT2D eigenvalue weighted by atomic mass is 10.2. The molecule has 0 rings (SSSR count). The molecule has 0 heterocycles. The maximum atomic E-state index is 11.9. The zero-order valence-electron chi connectivity index (χ0n) is 11.7. The van der Waals surface area contributed by atoms with Crippen molar-refractivity contribution in [2.24, 2.45) is 5.16 Å². The van der Waals surface area contributed by atoms with Gasteiger partial charge in [0.05, 0.1) is 0 Å². The second-order valence-electron chi connectivity index (χ2n) is 5.01. The number of nitrogens with zero attached hydrogens (tertiary/aromatic N) is 1. The molecule has 18 heavy (non-hydrogen) atoms. The lowest BCUT2D eigenvalue weighted by Gasteiger charge is -2.22. The molecule has 0 unspecified atom stereocenters. The lowest BCUT2D eigenvalue weighted by molar-refractivity contribution is -0.146. The largest absolute Gasteiger partial charge is 0.528 e. The molecular formula is C11H20ClNO4Si. The first-order valence-corrected chi connectivity index (χ1v) is 9.30. The molecule has 0 aliphatic rings. The summed E-state index contributed by atoms with van der Waals surface area (Å²) in [6, 6.07) is 0. The molecule has 0 bridgehead atoms. The minimum Gasteiger partial charge on any atom is -0.528 e. The molecule has 0 N–H and O–H groups in total. The third kappa shape index (κ3) is 7.34. The molecule has 0 aliphatic heterocycles. The van der Waals surface area contributed by atoms with Gasteiger partial charge in [0, 0.05) is 0 Å². The summed E-state index contributed by atoms with van der Waals surface area (Å²) in [7, 11) is -1.07. The molecule has 0 aliphatic carbocycles. The van der Waals surface area contributed by atoms with E-state index >= 15 is 0 Å². The van der Waals surface area contributed by atoms with Crippen LogP contribution in [0.3, 0.4) is 0 Å². The number of rotatable bonds is 5. The van der Waals surface area contributed by atoms with Crippen LogP contribution in [0.1, 0.15) is 20.8 Å². The van der Waals surface area contributed by atoms with Gasteiger partial charge in [-0.15, -0.1) is 11.1 Å². The third-order valence-corrected chi connectivity index (χ3v) is 2.37. The van der Waals surface area contributed by atoms with Gasteiger partial charge >= 0.3 is 13.6 Å². The van der Waals surface area contributed by atoms with Crippen molar-refractivity contribution >= 4 is 30.4 Å². The Balaban J connectivity index is 4.94. The van der Waals surface area contributed by atoms with E-state index < -0.39 is 19.2 Å². The van der Waals surface area contributed by atoms with E-state index in [1.54, 1.807) is 33.9 Å². The number of carbonyl (C=O) groups excluding carboxylic acids is 1. The fraction of sp³-hybridized carbons (Fsp3) is 0.636. The van der Waals surface area contributed by atoms with E-state index in [-0.39, 0.29) is 11.5 Å². The summed E-state index contributed by atoms with van der Waals surface area (Å²) in [4.78, 5) is 16.5. The van der Waals surface area contributed by atoms with Crippen LogP contribution < -0.4 is 0 Å². The molecule has 5 nitrogen and oxygen atoms in total. The highest BCUT2D eigenvalue weighted by Crippen LogP contribution is 2.17. The van der Waals surface area contributed by atoms with Crippen LogP contribution in [-0.4, -0.2) is 32.0 Å². The zero-order valence-corrected chi connectivity index (χ0v) is 13.4. The molecule has 0 spiro atoms. The first kappa shape index (κ1) is 17.0. The highest BCUT2D eigenvalue weighted by Gasteiger charge is 2.29. The smallest absolute Gasteiger partial charge is 0.364 e. The molecule has 7 heteroatoms. The molecule has 0 fully saturated rings. The van der Waals surface area contributed by atoms with Gasteiger partial charge in [-0.25, -0.2) is 4.79 Å². The Hall–Kier alpha value is -1.01. The van der Waals surface area contributed by atoms with Gasteiger partial charge in [-0.1, -0.05) is 11.7 Å². The molecule has 104 valence electrons. The normalized spacial score (nSPS) is 12.9. The second-order valence-corrected chi connectivity index (χ2v) is 10.7. The van der Waals surface area contributed by atoms with Crippen LogP contribution in [0.25, 0.3) is 0 Å². The standard InChI is InChI=1S/C11H20ClNO4Si/c1-8(17-18(6,7)12)9(13-15-5)10(14)16-11(2,3)4/h1H2,2-7H3. The Labute approximate surface area is 114 Å². The number of hydrogen-bond donors (Lipinski definition) is 0. The fourth-order valence-electron chi connectivity index (χ4n) is 0.961. The summed E-state index contributed by atoms with van der Waals surface area (Å²) in [6.07, 6.45) is 0. The Bertz CT molecular complexity index is 325. The Morgan fingerprint density at radius 1 is 1.33 bits per heavy atom. The van der Waals surface area contributed by atoms with Crippen LogP contribution in [0.2, 0.25) is 13.1 Å². The van der Waals surface area contributed by atoms with Crippen LogP contribution in [0.15, 0.2) is 17.5 Å². The van der Waals surface area contributed by atoms with Gasteiger partial charge in [0.1, 0.15) is 18.5 Å². The van der Waals surface area contributed by atoms with Gasteiger partial charge in [-0.3, -0.25) is 0 Å². The summed E-state index contributed by atoms with van der Waals surface area (Å²) >= 11 is 6.02. The molecule has 0 atom stereocenters. The molecule has 0 amide bonds. The maximum Gasteiger partial charge on any atom is 0.364 e. The van der Waals surface area contributed by atoms with Crippen molar-refractivity contribution in [3.8, 4) is 0 Å². The first-order chi connectivity index (χ1) is 7.96. The Morgan fingerprint density at radius 2 is 1.83 bits per heavy atom. The number of ether oxygens (including phenoxy) is 1. The van der Waals surface area contributed by atoms with E-state index in [0.717, 1.165) is 0 Å². The van der Waals surface area contributed by atoms with Crippen LogP contribution in [-0.2, 0) is 18.8 Å². The molecule has 0 saturated heterocycles. The lowest BCUT2D eigenvalue weighted by Crippen LogP contribution is -2.33. The molecule has 0 aromatic carbocycles. The molecule has 0 saturated carbocycles. The Morgan fingerprint density at radius 3 is 2.17 bits per heavy atom. The highest BCUT2D eigenvalue weighted by molar-refractivity contribution is 7.15. The zero-order chi connectivity index (χ0) is 14.6. The summed E-state index contributed by atoms with van der Waals surface area (Å²) in [5.74, 6) is -0.609. The molecule has 0 aromatic rings. The van der Waals surface area contributed by atoms with Crippen molar-refractivity contribution in [1.82, 2.24) is 0 Å². The first-order valence-electron chi connectivity index (χ1n) is 5.38. The Kier molecular flexibility index (Phi) is 5.89. The minimum absolute atomic E-state index is 0.0535. The monoisotopic (exact) mass is 293 g/mol. The van der Waals surface area contributed by atoms with E-state index in [4.69, 9.17) is 20.2 Å². The topological polar surface area (TPSA) is 57.1 Å². The van der Waals surface area contributed by atoms with Crippen LogP contribution in [0.4, 0.5) is 0 Å². The average molecular weight is 294 g/mol. The van der Waals surface area contributed by atoms with Crippen molar-refractivity contribution in [1.29, 1.82) is 0 Å². The van der Waals surface area contributed by atoms with Crippen molar-refractivity contribution in [3.05, 3.63) is 12.3 Å². The van der Waals surface area contributed by atoms with E-state index in [1.807, 2.05) is 0 Å². The number of esters is 1. The number of hydrogen-bond acceptors (Lipinski definition) is 5. The second kappa shape index (κ2) is 6.24. The number of halogens is 1. The average Bonchev–Trinajstić information content (AvgIpc) is 2.07. The highest BCUT2D eigenvalue weighted by atomic mass is 35.6. The van der Waals surface area contributed by atoms with Gasteiger partial charge in [0.2, 0.25) is 5.71 Å². The van der Waals surface area contributed by atoms with E-state index in [9.17, 15) is 4.79 Å². The summed E-state index contributed by atoms with van der Waals surface area (Å²) in [6.45, 7) is 12.4. The maximum absolute atomic E-state index is 11.9. The summed E-state index contributed by atoms with van der Waals surface area (Å²) < 4.78 is 10.6. The summed E-state index contributed by atoms with van der Waals surface area (Å²) in [5.41, 5.74) is -0.756. The van der Waals surface area contributed by atoms with E-state index in [2.05, 4.69) is 16.6 Å². The quantitative estimate of drug-likeness (QED) is 0.195. The van der Waals surface area contributed by atoms with Crippen LogP contribution in [0, 0.1) is 0 Å². The van der Waals surface area contributed by atoms with Gasteiger partial charge in [-0.2, -0.15) is 0 Å².